The first kappa shape index (κ1) is 24.2. The van der Waals surface area contributed by atoms with Gasteiger partial charge in [-0.05, 0) is 35.9 Å². The molecule has 5 nitrogen and oxygen atoms in total. The van der Waals surface area contributed by atoms with Crippen molar-refractivity contribution < 1.29 is 18.4 Å². The zero-order chi connectivity index (χ0) is 24.0. The molecule has 0 heterocycles. The molecular weight excluding hydrogens is 471 g/mol. The topological polar surface area (TPSA) is 82.0 Å². The largest absolute Gasteiger partial charge is 0.341 e. The van der Waals surface area contributed by atoms with Gasteiger partial charge in [-0.15, -0.1) is 0 Å². The fourth-order valence-electron chi connectivity index (χ4n) is 3.19. The average Bonchev–Trinajstić information content (AvgIpc) is 2.79. The molecule has 0 saturated carbocycles. The number of rotatable bonds is 7. The third-order valence-corrected chi connectivity index (χ3v) is 5.47. The number of carbonyl (C=O) groups is 2. The van der Waals surface area contributed by atoms with Gasteiger partial charge in [0.2, 0.25) is 5.91 Å². The third kappa shape index (κ3) is 5.86. The zero-order valence-corrected chi connectivity index (χ0v) is 18.6. The molecule has 0 aromatic heterocycles. The molecule has 3 rings (SSSR count). The molecular formula is C24H17Cl2F2N3O2. The lowest BCUT2D eigenvalue weighted by Crippen LogP contribution is -2.48. The van der Waals surface area contributed by atoms with E-state index in [4.69, 9.17) is 28.5 Å². The molecule has 9 heteroatoms. The number of halogens is 4. The molecule has 0 saturated heterocycles. The van der Waals surface area contributed by atoms with Crippen molar-refractivity contribution in [1.29, 1.82) is 5.26 Å². The van der Waals surface area contributed by atoms with Crippen LogP contribution >= 0.6 is 23.2 Å². The number of hydrogen-bond acceptors (Lipinski definition) is 3. The minimum Gasteiger partial charge on any atom is -0.341 e. The maximum absolute atomic E-state index is 14.1. The number of amides is 2. The molecule has 0 aliphatic carbocycles. The van der Waals surface area contributed by atoms with Crippen molar-refractivity contribution in [3.8, 4) is 17.2 Å². The maximum Gasteiger partial charge on any atom is 0.253 e. The monoisotopic (exact) mass is 487 g/mol. The normalized spacial score (nSPS) is 11.4. The zero-order valence-electron chi connectivity index (χ0n) is 17.0. The molecule has 2 N–H and O–H groups in total. The van der Waals surface area contributed by atoms with E-state index in [1.807, 2.05) is 6.07 Å². The molecule has 33 heavy (non-hydrogen) atoms. The summed E-state index contributed by atoms with van der Waals surface area (Å²) in [5, 5.41) is 14.1. The number of nitriles is 1. The van der Waals surface area contributed by atoms with Crippen LogP contribution in [0.2, 0.25) is 10.0 Å². The molecule has 168 valence electrons. The number of benzene rings is 3. The van der Waals surface area contributed by atoms with Crippen LogP contribution in [-0.4, -0.2) is 24.4 Å². The Balaban J connectivity index is 1.86. The Morgan fingerprint density at radius 1 is 0.970 bits per heavy atom. The van der Waals surface area contributed by atoms with E-state index in [-0.39, 0.29) is 22.7 Å². The van der Waals surface area contributed by atoms with Crippen molar-refractivity contribution in [2.24, 2.45) is 0 Å². The second-order valence-electron chi connectivity index (χ2n) is 6.98. The third-order valence-electron chi connectivity index (χ3n) is 4.83. The quantitative estimate of drug-likeness (QED) is 0.464. The number of carbonyl (C=O) groups excluding carboxylic acids is 2. The Morgan fingerprint density at radius 3 is 2.30 bits per heavy atom. The van der Waals surface area contributed by atoms with Crippen LogP contribution in [0, 0.1) is 23.0 Å². The first-order chi connectivity index (χ1) is 15.8. The van der Waals surface area contributed by atoms with Crippen LogP contribution in [0.1, 0.15) is 15.9 Å². The Kier molecular flexibility index (Phi) is 7.99. The Morgan fingerprint density at radius 2 is 1.67 bits per heavy atom. The lowest BCUT2D eigenvalue weighted by molar-refractivity contribution is -0.122. The van der Waals surface area contributed by atoms with E-state index >= 15 is 0 Å². The lowest BCUT2D eigenvalue weighted by atomic mass is 10.0. The number of nitrogens with zero attached hydrogens (tertiary/aromatic N) is 1. The summed E-state index contributed by atoms with van der Waals surface area (Å²) in [5.41, 5.74) is 1.09. The fourth-order valence-corrected chi connectivity index (χ4v) is 3.70. The summed E-state index contributed by atoms with van der Waals surface area (Å²) >= 11 is 12.5. The lowest BCUT2D eigenvalue weighted by Gasteiger charge is -2.19. The Bertz CT molecular complexity index is 1220. The van der Waals surface area contributed by atoms with Crippen LogP contribution in [0.3, 0.4) is 0 Å². The van der Waals surface area contributed by atoms with E-state index in [1.165, 1.54) is 12.1 Å². The summed E-state index contributed by atoms with van der Waals surface area (Å²) in [5.74, 6) is -3.20. The van der Waals surface area contributed by atoms with Gasteiger partial charge in [0.25, 0.3) is 5.91 Å². The minimum absolute atomic E-state index is 0.0551. The second kappa shape index (κ2) is 10.9. The van der Waals surface area contributed by atoms with E-state index < -0.39 is 35.9 Å². The molecule has 1 atom stereocenters. The van der Waals surface area contributed by atoms with Gasteiger partial charge in [0, 0.05) is 22.6 Å². The maximum atomic E-state index is 14.1. The van der Waals surface area contributed by atoms with Gasteiger partial charge in [-0.1, -0.05) is 53.5 Å². The highest BCUT2D eigenvalue weighted by molar-refractivity contribution is 6.35. The van der Waals surface area contributed by atoms with E-state index in [0.29, 0.717) is 10.6 Å². The first-order valence-corrected chi connectivity index (χ1v) is 10.5. The van der Waals surface area contributed by atoms with Gasteiger partial charge in [0.05, 0.1) is 16.7 Å². The van der Waals surface area contributed by atoms with Crippen LogP contribution in [0.15, 0.2) is 60.7 Å². The summed E-state index contributed by atoms with van der Waals surface area (Å²) in [7, 11) is 0. The highest BCUT2D eigenvalue weighted by atomic mass is 35.5. The van der Waals surface area contributed by atoms with Crippen molar-refractivity contribution in [2.45, 2.75) is 12.5 Å². The molecule has 0 fully saturated rings. The van der Waals surface area contributed by atoms with E-state index in [2.05, 4.69) is 10.6 Å². The van der Waals surface area contributed by atoms with Gasteiger partial charge in [0.15, 0.2) is 0 Å². The average molecular weight is 488 g/mol. The number of nitrogens with one attached hydrogen (secondary N) is 2. The highest BCUT2D eigenvalue weighted by Gasteiger charge is 2.25. The summed E-state index contributed by atoms with van der Waals surface area (Å²) in [6, 6.07) is 15.4. The van der Waals surface area contributed by atoms with Crippen LogP contribution < -0.4 is 10.6 Å². The minimum atomic E-state index is -1.35. The van der Waals surface area contributed by atoms with Gasteiger partial charge >= 0.3 is 0 Å². The molecule has 3 aromatic carbocycles. The summed E-state index contributed by atoms with van der Waals surface area (Å²) in [4.78, 5) is 25.4. The van der Waals surface area contributed by atoms with E-state index in [1.54, 1.807) is 36.4 Å². The predicted molar refractivity (Wildman–Crippen MR) is 122 cm³/mol. The molecule has 0 radical (unpaired) electrons. The standard InChI is InChI=1S/C24H17Cl2F2N3O2/c25-18-5-2-1-4-15(18)14-8-9-16(19(26)12-14)23(32)31-22(24(33)30-11-10-29)13-17-20(27)6-3-7-21(17)28/h1-9,12,22H,11,13H2,(H,30,33)(H,31,32)/t22-/m0/s1. The van der Waals surface area contributed by atoms with Crippen molar-refractivity contribution in [2.75, 3.05) is 6.54 Å². The van der Waals surface area contributed by atoms with Gasteiger partial charge < -0.3 is 10.6 Å². The Labute approximate surface area is 198 Å². The highest BCUT2D eigenvalue weighted by Crippen LogP contribution is 2.30. The Hall–Kier alpha value is -3.47. The summed E-state index contributed by atoms with van der Waals surface area (Å²) in [6.07, 6.45) is -0.461. The predicted octanol–water partition coefficient (Wildman–Crippen LogP) is 4.92. The van der Waals surface area contributed by atoms with Crippen LogP contribution in [0.5, 0.6) is 0 Å². The van der Waals surface area contributed by atoms with Gasteiger partial charge in [-0.2, -0.15) is 5.26 Å². The SMILES string of the molecule is N#CCNC(=O)[C@H](Cc1c(F)cccc1F)NC(=O)c1ccc(-c2ccccc2Cl)cc1Cl. The van der Waals surface area contributed by atoms with Crippen LogP contribution in [0.25, 0.3) is 11.1 Å². The summed E-state index contributed by atoms with van der Waals surface area (Å²) < 4.78 is 28.2. The van der Waals surface area contributed by atoms with E-state index in [9.17, 15) is 18.4 Å². The molecule has 0 unspecified atom stereocenters. The smallest absolute Gasteiger partial charge is 0.253 e. The van der Waals surface area contributed by atoms with Gasteiger partial charge in [0.1, 0.15) is 24.2 Å². The molecule has 0 spiro atoms. The van der Waals surface area contributed by atoms with Crippen molar-refractivity contribution in [3.63, 3.8) is 0 Å². The molecule has 3 aromatic rings. The number of hydrogen-bond donors (Lipinski definition) is 2. The van der Waals surface area contributed by atoms with Crippen LogP contribution in [-0.2, 0) is 11.2 Å². The van der Waals surface area contributed by atoms with Crippen molar-refractivity contribution in [3.05, 3.63) is 93.5 Å². The molecule has 0 aliphatic heterocycles. The molecule has 0 aliphatic rings. The van der Waals surface area contributed by atoms with E-state index in [0.717, 1.165) is 17.7 Å². The fraction of sp³-hybridized carbons (Fsp3) is 0.125. The molecule has 2 amide bonds. The first-order valence-electron chi connectivity index (χ1n) is 9.74. The van der Waals surface area contributed by atoms with Crippen molar-refractivity contribution in [1.82, 2.24) is 10.6 Å². The van der Waals surface area contributed by atoms with Gasteiger partial charge in [-0.25, -0.2) is 8.78 Å². The van der Waals surface area contributed by atoms with Gasteiger partial charge in [-0.3, -0.25) is 9.59 Å². The summed E-state index contributed by atoms with van der Waals surface area (Å²) in [6.45, 7) is -0.335. The van der Waals surface area contributed by atoms with Crippen molar-refractivity contribution >= 4 is 35.0 Å². The molecule has 0 bridgehead atoms. The second-order valence-corrected chi connectivity index (χ2v) is 7.80. The van der Waals surface area contributed by atoms with Crippen LogP contribution in [0.4, 0.5) is 8.78 Å².